The van der Waals surface area contributed by atoms with Crippen molar-refractivity contribution in [3.8, 4) is 0 Å². The molecule has 0 radical (unpaired) electrons. The Hall–Kier alpha value is -3.06. The first-order chi connectivity index (χ1) is 15.8. The Kier molecular flexibility index (Phi) is 6.61. The Bertz CT molecular complexity index is 1150. The van der Waals surface area contributed by atoms with Gasteiger partial charge in [-0.25, -0.2) is 9.78 Å². The number of carbonyl (C=O) groups excluding carboxylic acids is 1. The molecule has 1 aromatic heterocycles. The molecule has 4 rings (SSSR count). The molecule has 0 aliphatic carbocycles. The number of hydrogen-bond acceptors (Lipinski definition) is 5. The maximum atomic E-state index is 14.0. The smallest absolute Gasteiger partial charge is 0.410 e. The molecule has 2 aromatic carbocycles. The predicted molar refractivity (Wildman–Crippen MR) is 131 cm³/mol. The van der Waals surface area contributed by atoms with Gasteiger partial charge in [0.25, 0.3) is 5.56 Å². The summed E-state index contributed by atoms with van der Waals surface area (Å²) in [6.07, 6.45) is 2.06. The second-order valence-electron chi connectivity index (χ2n) is 9.07. The summed E-state index contributed by atoms with van der Waals surface area (Å²) in [6, 6.07) is 19.6. The van der Waals surface area contributed by atoms with E-state index in [9.17, 15) is 9.59 Å². The molecule has 0 saturated heterocycles. The number of rotatable bonds is 4. The van der Waals surface area contributed by atoms with Crippen molar-refractivity contribution in [2.24, 2.45) is 0 Å². The summed E-state index contributed by atoms with van der Waals surface area (Å²) < 4.78 is 7.32. The lowest BCUT2D eigenvalue weighted by atomic mass is 9.98. The fraction of sp³-hybridized carbons (Fsp3) is 0.346. The molecule has 6 nitrogen and oxygen atoms in total. The number of thioether (sulfide) groups is 1. The monoisotopic (exact) mass is 463 g/mol. The minimum Gasteiger partial charge on any atom is -0.444 e. The highest BCUT2D eigenvalue weighted by atomic mass is 32.2. The fourth-order valence-electron chi connectivity index (χ4n) is 4.08. The van der Waals surface area contributed by atoms with Crippen molar-refractivity contribution in [3.05, 3.63) is 93.4 Å². The van der Waals surface area contributed by atoms with Crippen molar-refractivity contribution in [2.45, 2.75) is 50.5 Å². The Balaban J connectivity index is 1.83. The van der Waals surface area contributed by atoms with E-state index >= 15 is 0 Å². The number of carbonyl (C=O) groups is 1. The van der Waals surface area contributed by atoms with Gasteiger partial charge in [0, 0.05) is 13.0 Å². The van der Waals surface area contributed by atoms with Crippen LogP contribution >= 0.6 is 11.8 Å². The van der Waals surface area contributed by atoms with E-state index in [1.165, 1.54) is 11.8 Å². The number of hydrogen-bond donors (Lipinski definition) is 0. The van der Waals surface area contributed by atoms with Crippen LogP contribution < -0.4 is 5.56 Å². The SMILES string of the molecule is CSc1nc2c(c(=O)n1C(c1ccccc1)c1ccccc1)CN(C(=O)OC(C)(C)C)CC2. The number of aromatic nitrogens is 2. The van der Waals surface area contributed by atoms with E-state index in [0.29, 0.717) is 23.7 Å². The van der Waals surface area contributed by atoms with Crippen LogP contribution in [0, 0.1) is 0 Å². The third-order valence-corrected chi connectivity index (χ3v) is 6.21. The molecule has 172 valence electrons. The first-order valence-corrected chi connectivity index (χ1v) is 12.3. The van der Waals surface area contributed by atoms with Crippen LogP contribution in [0.1, 0.15) is 49.2 Å². The molecule has 0 N–H and O–H groups in total. The number of ether oxygens (including phenoxy) is 1. The van der Waals surface area contributed by atoms with Gasteiger partial charge in [0.05, 0.1) is 23.8 Å². The first-order valence-electron chi connectivity index (χ1n) is 11.0. The summed E-state index contributed by atoms with van der Waals surface area (Å²) in [5.74, 6) is 0. The van der Waals surface area contributed by atoms with E-state index in [-0.39, 0.29) is 18.1 Å². The summed E-state index contributed by atoms with van der Waals surface area (Å²) in [7, 11) is 0. The van der Waals surface area contributed by atoms with Crippen LogP contribution in [0.2, 0.25) is 0 Å². The van der Waals surface area contributed by atoms with E-state index in [4.69, 9.17) is 9.72 Å². The van der Waals surface area contributed by atoms with Gasteiger partial charge < -0.3 is 9.64 Å². The highest BCUT2D eigenvalue weighted by Gasteiger charge is 2.31. The van der Waals surface area contributed by atoms with Gasteiger partial charge in [0.15, 0.2) is 5.16 Å². The molecule has 33 heavy (non-hydrogen) atoms. The Morgan fingerprint density at radius 1 is 1.03 bits per heavy atom. The van der Waals surface area contributed by atoms with E-state index in [1.54, 1.807) is 9.47 Å². The molecule has 2 heterocycles. The molecule has 0 bridgehead atoms. The maximum absolute atomic E-state index is 14.0. The second-order valence-corrected chi connectivity index (χ2v) is 9.85. The minimum absolute atomic E-state index is 0.115. The van der Waals surface area contributed by atoms with E-state index in [1.807, 2.05) is 87.7 Å². The van der Waals surface area contributed by atoms with Crippen molar-refractivity contribution < 1.29 is 9.53 Å². The van der Waals surface area contributed by atoms with Crippen molar-refractivity contribution in [1.82, 2.24) is 14.5 Å². The standard InChI is InChI=1S/C26H29N3O3S/c1-26(2,3)32-25(31)28-16-15-21-20(17-28)23(30)29(24(27-21)33-4)22(18-11-7-5-8-12-18)19-13-9-6-10-14-19/h5-14,22H,15-17H2,1-4H3. The van der Waals surface area contributed by atoms with Crippen LogP contribution in [0.25, 0.3) is 0 Å². The normalized spacial score (nSPS) is 13.7. The van der Waals surface area contributed by atoms with E-state index in [0.717, 1.165) is 16.8 Å². The molecule has 7 heteroatoms. The summed E-state index contributed by atoms with van der Waals surface area (Å²) in [4.78, 5) is 33.1. The van der Waals surface area contributed by atoms with Crippen molar-refractivity contribution in [3.63, 3.8) is 0 Å². The lowest BCUT2D eigenvalue weighted by Gasteiger charge is -2.32. The van der Waals surface area contributed by atoms with Crippen LogP contribution in [-0.2, 0) is 17.7 Å². The molecule has 0 spiro atoms. The molecule has 0 unspecified atom stereocenters. The van der Waals surface area contributed by atoms with Gasteiger partial charge in [-0.1, -0.05) is 72.4 Å². The molecular weight excluding hydrogens is 434 g/mol. The summed E-state index contributed by atoms with van der Waals surface area (Å²) in [5.41, 5.74) is 2.62. The number of fused-ring (bicyclic) bond motifs is 1. The average molecular weight is 464 g/mol. The van der Waals surface area contributed by atoms with Gasteiger partial charge in [-0.15, -0.1) is 0 Å². The van der Waals surface area contributed by atoms with Gasteiger partial charge in [-0.3, -0.25) is 9.36 Å². The van der Waals surface area contributed by atoms with E-state index < -0.39 is 11.7 Å². The van der Waals surface area contributed by atoms with Crippen LogP contribution in [0.5, 0.6) is 0 Å². The largest absolute Gasteiger partial charge is 0.444 e. The van der Waals surface area contributed by atoms with Gasteiger partial charge in [0.2, 0.25) is 0 Å². The molecule has 3 aromatic rings. The van der Waals surface area contributed by atoms with Crippen LogP contribution in [-0.4, -0.2) is 38.9 Å². The van der Waals surface area contributed by atoms with Crippen molar-refractivity contribution in [2.75, 3.05) is 12.8 Å². The molecule has 0 atom stereocenters. The van der Waals surface area contributed by atoms with Crippen molar-refractivity contribution >= 4 is 17.9 Å². The third kappa shape index (κ3) is 4.98. The molecule has 1 aliphatic rings. The van der Waals surface area contributed by atoms with Crippen LogP contribution in [0.3, 0.4) is 0 Å². The van der Waals surface area contributed by atoms with Gasteiger partial charge >= 0.3 is 6.09 Å². The van der Waals surface area contributed by atoms with E-state index in [2.05, 4.69) is 0 Å². The van der Waals surface area contributed by atoms with Gasteiger partial charge in [-0.05, 0) is 38.2 Å². The average Bonchev–Trinajstić information content (AvgIpc) is 2.80. The van der Waals surface area contributed by atoms with Gasteiger partial charge in [-0.2, -0.15) is 0 Å². The molecule has 1 aliphatic heterocycles. The topological polar surface area (TPSA) is 64.4 Å². The zero-order valence-corrected chi connectivity index (χ0v) is 20.3. The molecular formula is C26H29N3O3S. The lowest BCUT2D eigenvalue weighted by Crippen LogP contribution is -2.44. The molecule has 0 fully saturated rings. The fourth-order valence-corrected chi connectivity index (χ4v) is 4.67. The summed E-state index contributed by atoms with van der Waals surface area (Å²) >= 11 is 1.46. The Labute approximate surface area is 198 Å². The van der Waals surface area contributed by atoms with Crippen LogP contribution in [0.4, 0.5) is 4.79 Å². The lowest BCUT2D eigenvalue weighted by molar-refractivity contribution is 0.0220. The number of nitrogens with zero attached hydrogens (tertiary/aromatic N) is 3. The third-order valence-electron chi connectivity index (χ3n) is 5.55. The summed E-state index contributed by atoms with van der Waals surface area (Å²) in [5, 5.41) is 0.669. The minimum atomic E-state index is -0.593. The number of benzene rings is 2. The predicted octanol–water partition coefficient (Wildman–Crippen LogP) is 4.90. The van der Waals surface area contributed by atoms with Gasteiger partial charge in [0.1, 0.15) is 5.60 Å². The highest BCUT2D eigenvalue weighted by molar-refractivity contribution is 7.98. The molecule has 0 saturated carbocycles. The summed E-state index contributed by atoms with van der Waals surface area (Å²) in [6.45, 7) is 6.19. The highest BCUT2D eigenvalue weighted by Crippen LogP contribution is 2.30. The molecule has 1 amide bonds. The maximum Gasteiger partial charge on any atom is 0.410 e. The zero-order valence-electron chi connectivity index (χ0n) is 19.4. The first kappa shape index (κ1) is 23.1. The quantitative estimate of drug-likeness (QED) is 0.407. The van der Waals surface area contributed by atoms with Crippen molar-refractivity contribution in [1.29, 1.82) is 0 Å². The second kappa shape index (κ2) is 9.43. The van der Waals surface area contributed by atoms with Crippen LogP contribution in [0.15, 0.2) is 70.6 Å². The Morgan fingerprint density at radius 3 is 2.12 bits per heavy atom. The number of amides is 1. The zero-order chi connectivity index (χ0) is 23.6. The Morgan fingerprint density at radius 2 is 1.61 bits per heavy atom.